The minimum Gasteiger partial charge on any atom is -0.495 e. The van der Waals surface area contributed by atoms with Crippen molar-refractivity contribution in [2.75, 3.05) is 13.7 Å². The third-order valence-corrected chi connectivity index (χ3v) is 7.65. The Hall–Kier alpha value is -3.94. The van der Waals surface area contributed by atoms with Gasteiger partial charge < -0.3 is 14.2 Å². The topological polar surface area (TPSA) is 74.5 Å². The number of nitrogens with zero attached hydrogens (tertiary/aromatic N) is 4. The van der Waals surface area contributed by atoms with Crippen LogP contribution in [0.15, 0.2) is 60.6 Å². The van der Waals surface area contributed by atoms with E-state index in [-0.39, 0.29) is 17.7 Å². The van der Waals surface area contributed by atoms with Gasteiger partial charge in [0.2, 0.25) is 5.96 Å². The molecule has 7 nitrogen and oxygen atoms in total. The molecule has 0 bridgehead atoms. The van der Waals surface area contributed by atoms with Crippen LogP contribution in [0.1, 0.15) is 56.0 Å². The number of guanidine groups is 1. The Kier molecular flexibility index (Phi) is 6.35. The predicted octanol–water partition coefficient (Wildman–Crippen LogP) is 5.49. The van der Waals surface area contributed by atoms with Crippen LogP contribution in [0.3, 0.4) is 0 Å². The summed E-state index contributed by atoms with van der Waals surface area (Å²) < 4.78 is 21.2. The SMILES string of the molecule is COc1cc(/C=C2/C(=O)N(C(C)c3ccc(F)cc3)C(=N)N3CCCCC23C)ccc1-n1cnc(C)c1. The van der Waals surface area contributed by atoms with E-state index in [1.54, 1.807) is 25.6 Å². The van der Waals surface area contributed by atoms with Gasteiger partial charge in [-0.2, -0.15) is 0 Å². The number of hydrogen-bond acceptors (Lipinski definition) is 4. The second-order valence-electron chi connectivity index (χ2n) is 10.0. The first-order valence-corrected chi connectivity index (χ1v) is 12.6. The molecule has 1 N–H and O–H groups in total. The van der Waals surface area contributed by atoms with Gasteiger partial charge in [-0.05, 0) is 81.5 Å². The van der Waals surface area contributed by atoms with Crippen molar-refractivity contribution in [1.29, 1.82) is 5.41 Å². The second kappa shape index (κ2) is 9.50. The first kappa shape index (κ1) is 24.7. The molecule has 0 aliphatic carbocycles. The summed E-state index contributed by atoms with van der Waals surface area (Å²) in [4.78, 5) is 22.0. The van der Waals surface area contributed by atoms with E-state index in [0.29, 0.717) is 17.9 Å². The van der Waals surface area contributed by atoms with Crippen molar-refractivity contribution in [3.8, 4) is 11.4 Å². The molecule has 2 unspecified atom stereocenters. The number of carbonyl (C=O) groups is 1. The summed E-state index contributed by atoms with van der Waals surface area (Å²) in [5.41, 5.74) is 3.45. The first-order valence-electron chi connectivity index (χ1n) is 12.6. The fraction of sp³-hybridized carbons (Fsp3) is 0.345. The number of fused-ring (bicyclic) bond motifs is 1. The van der Waals surface area contributed by atoms with E-state index < -0.39 is 11.6 Å². The van der Waals surface area contributed by atoms with E-state index in [4.69, 9.17) is 10.1 Å². The van der Waals surface area contributed by atoms with Gasteiger partial charge in [-0.15, -0.1) is 0 Å². The molecule has 192 valence electrons. The number of piperidine rings is 1. The van der Waals surface area contributed by atoms with Crippen molar-refractivity contribution in [1.82, 2.24) is 19.4 Å². The van der Waals surface area contributed by atoms with Gasteiger partial charge in [0.25, 0.3) is 5.91 Å². The quantitative estimate of drug-likeness (QED) is 0.469. The lowest BCUT2D eigenvalue weighted by Crippen LogP contribution is -2.66. The van der Waals surface area contributed by atoms with Crippen LogP contribution in [-0.2, 0) is 4.79 Å². The van der Waals surface area contributed by atoms with Crippen molar-refractivity contribution in [3.63, 3.8) is 0 Å². The molecule has 2 aliphatic heterocycles. The Morgan fingerprint density at radius 1 is 1.19 bits per heavy atom. The minimum atomic E-state index is -0.585. The number of nitrogens with one attached hydrogen (secondary N) is 1. The molecular formula is C29H32FN5O2. The lowest BCUT2D eigenvalue weighted by molar-refractivity contribution is -0.129. The van der Waals surface area contributed by atoms with E-state index in [1.807, 2.05) is 53.8 Å². The number of ether oxygens (including phenoxy) is 1. The van der Waals surface area contributed by atoms with Gasteiger partial charge in [-0.25, -0.2) is 9.37 Å². The van der Waals surface area contributed by atoms with Crippen LogP contribution in [0.2, 0.25) is 0 Å². The Balaban J connectivity index is 1.58. The summed E-state index contributed by atoms with van der Waals surface area (Å²) in [6, 6.07) is 11.6. The number of imidazole rings is 1. The average Bonchev–Trinajstić information content (AvgIpc) is 3.32. The highest BCUT2D eigenvalue weighted by Crippen LogP contribution is 2.42. The molecule has 5 rings (SSSR count). The number of halogens is 1. The highest BCUT2D eigenvalue weighted by atomic mass is 19.1. The van der Waals surface area contributed by atoms with Gasteiger partial charge in [0.15, 0.2) is 0 Å². The van der Waals surface area contributed by atoms with E-state index in [2.05, 4.69) is 11.9 Å². The normalized spacial score (nSPS) is 21.8. The standard InChI is InChI=1S/C29H32FN5O2/c1-19-17-33(18-32-19)25-12-7-21(16-26(25)37-4)15-24-27(36)35(20(2)22-8-10-23(30)11-9-22)28(31)34-14-6-5-13-29(24,34)3/h7-12,15-18,20,31H,5-6,13-14H2,1-4H3/b24-15-,31-28?. The molecule has 3 aromatic rings. The van der Waals surface area contributed by atoms with Gasteiger partial charge >= 0.3 is 0 Å². The first-order chi connectivity index (χ1) is 17.7. The second-order valence-corrected chi connectivity index (χ2v) is 10.0. The Labute approximate surface area is 216 Å². The average molecular weight is 502 g/mol. The van der Waals surface area contributed by atoms with Crippen molar-refractivity contribution < 1.29 is 13.9 Å². The van der Waals surface area contributed by atoms with E-state index in [0.717, 1.165) is 41.8 Å². The van der Waals surface area contributed by atoms with Gasteiger partial charge in [-0.3, -0.25) is 15.1 Å². The molecule has 1 aromatic heterocycles. The minimum absolute atomic E-state index is 0.198. The van der Waals surface area contributed by atoms with Crippen LogP contribution in [0.4, 0.5) is 4.39 Å². The lowest BCUT2D eigenvalue weighted by Gasteiger charge is -2.54. The van der Waals surface area contributed by atoms with Gasteiger partial charge in [0.1, 0.15) is 11.6 Å². The summed E-state index contributed by atoms with van der Waals surface area (Å²) in [6.45, 7) is 6.58. The highest BCUT2D eigenvalue weighted by Gasteiger charge is 2.50. The van der Waals surface area contributed by atoms with E-state index >= 15 is 0 Å². The molecule has 2 atom stereocenters. The molecule has 0 saturated carbocycles. The summed E-state index contributed by atoms with van der Waals surface area (Å²) in [5.74, 6) is 0.341. The number of hydrogen-bond donors (Lipinski definition) is 1. The number of benzene rings is 2. The van der Waals surface area contributed by atoms with Gasteiger partial charge in [0, 0.05) is 18.3 Å². The van der Waals surface area contributed by atoms with Crippen molar-refractivity contribution in [3.05, 3.63) is 83.2 Å². The molecule has 2 saturated heterocycles. The zero-order chi connectivity index (χ0) is 26.3. The third-order valence-electron chi connectivity index (χ3n) is 7.65. The summed E-state index contributed by atoms with van der Waals surface area (Å²) in [7, 11) is 1.63. The molecule has 3 heterocycles. The maximum Gasteiger partial charge on any atom is 0.259 e. The fourth-order valence-electron chi connectivity index (χ4n) is 5.51. The molecular weight excluding hydrogens is 469 g/mol. The predicted molar refractivity (Wildman–Crippen MR) is 141 cm³/mol. The Morgan fingerprint density at radius 2 is 1.95 bits per heavy atom. The molecule has 2 aliphatic rings. The van der Waals surface area contributed by atoms with Crippen LogP contribution in [0, 0.1) is 18.2 Å². The summed E-state index contributed by atoms with van der Waals surface area (Å²) in [5, 5.41) is 9.01. The number of amides is 1. The van der Waals surface area contributed by atoms with Gasteiger partial charge in [-0.1, -0.05) is 18.2 Å². The maximum absolute atomic E-state index is 14.1. The van der Waals surface area contributed by atoms with Crippen LogP contribution < -0.4 is 4.74 Å². The number of aromatic nitrogens is 2. The van der Waals surface area contributed by atoms with Crippen molar-refractivity contribution in [2.45, 2.75) is 51.6 Å². The zero-order valence-corrected chi connectivity index (χ0v) is 21.7. The van der Waals surface area contributed by atoms with Crippen LogP contribution >= 0.6 is 0 Å². The Bertz CT molecular complexity index is 1380. The zero-order valence-electron chi connectivity index (χ0n) is 21.7. The molecule has 2 fully saturated rings. The third kappa shape index (κ3) is 4.30. The molecule has 0 spiro atoms. The number of rotatable bonds is 5. The molecule has 2 aromatic carbocycles. The molecule has 37 heavy (non-hydrogen) atoms. The number of aryl methyl sites for hydroxylation is 1. The molecule has 1 amide bonds. The lowest BCUT2D eigenvalue weighted by atomic mass is 9.78. The molecule has 0 radical (unpaired) electrons. The van der Waals surface area contributed by atoms with E-state index in [9.17, 15) is 9.18 Å². The highest BCUT2D eigenvalue weighted by molar-refractivity contribution is 6.12. The Morgan fingerprint density at radius 3 is 2.62 bits per heavy atom. The largest absolute Gasteiger partial charge is 0.495 e. The van der Waals surface area contributed by atoms with Gasteiger partial charge in [0.05, 0.1) is 36.4 Å². The van der Waals surface area contributed by atoms with E-state index in [1.165, 1.54) is 17.0 Å². The summed E-state index contributed by atoms with van der Waals surface area (Å²) in [6.07, 6.45) is 8.35. The summed E-state index contributed by atoms with van der Waals surface area (Å²) >= 11 is 0. The number of methoxy groups -OCH3 is 1. The monoisotopic (exact) mass is 501 g/mol. The fourth-order valence-corrected chi connectivity index (χ4v) is 5.51. The van der Waals surface area contributed by atoms with Crippen LogP contribution in [0.25, 0.3) is 11.8 Å². The number of carbonyl (C=O) groups excluding carboxylic acids is 1. The smallest absolute Gasteiger partial charge is 0.259 e. The van der Waals surface area contributed by atoms with Crippen LogP contribution in [0.5, 0.6) is 5.75 Å². The van der Waals surface area contributed by atoms with Crippen molar-refractivity contribution >= 4 is 17.9 Å². The van der Waals surface area contributed by atoms with Crippen LogP contribution in [-0.4, -0.2) is 50.4 Å². The van der Waals surface area contributed by atoms with Crippen molar-refractivity contribution in [2.24, 2.45) is 0 Å². The maximum atomic E-state index is 14.1. The molecule has 8 heteroatoms.